The van der Waals surface area contributed by atoms with Crippen molar-refractivity contribution >= 4 is 17.2 Å². The zero-order chi connectivity index (χ0) is 22.5. The molecule has 5 heteroatoms. The van der Waals surface area contributed by atoms with Crippen LogP contribution in [-0.4, -0.2) is 22.3 Å². The number of aromatic nitrogens is 3. The van der Waals surface area contributed by atoms with E-state index < -0.39 is 0 Å². The van der Waals surface area contributed by atoms with Crippen LogP contribution in [0.5, 0.6) is 0 Å². The third-order valence-corrected chi connectivity index (χ3v) is 5.89. The number of hydrogen-bond acceptors (Lipinski definition) is 3. The van der Waals surface area contributed by atoms with Gasteiger partial charge >= 0.3 is 0 Å². The van der Waals surface area contributed by atoms with Gasteiger partial charge < -0.3 is 5.32 Å². The Bertz CT molecular complexity index is 1150. The topological polar surface area (TPSA) is 57.0 Å². The lowest BCUT2D eigenvalue weighted by Crippen LogP contribution is -2.32. The molecule has 0 spiro atoms. The molecule has 0 bridgehead atoms. The molecular formula is C27H30N5+. The van der Waals surface area contributed by atoms with Crippen LogP contribution in [0, 0.1) is 13.8 Å². The van der Waals surface area contributed by atoms with Gasteiger partial charge in [0.05, 0.1) is 0 Å². The molecule has 0 unspecified atom stereocenters. The van der Waals surface area contributed by atoms with Gasteiger partial charge in [-0.3, -0.25) is 0 Å². The molecule has 0 saturated heterocycles. The first-order valence-corrected chi connectivity index (χ1v) is 10.9. The average molecular weight is 425 g/mol. The highest BCUT2D eigenvalue weighted by Gasteiger charge is 2.16. The summed E-state index contributed by atoms with van der Waals surface area (Å²) in [7, 11) is 2.00. The van der Waals surface area contributed by atoms with Gasteiger partial charge in [0, 0.05) is 36.9 Å². The van der Waals surface area contributed by atoms with Gasteiger partial charge in [0.1, 0.15) is 11.5 Å². The van der Waals surface area contributed by atoms with Crippen LogP contribution >= 0.6 is 0 Å². The van der Waals surface area contributed by atoms with Crippen LogP contribution in [0.4, 0.5) is 11.5 Å². The maximum Gasteiger partial charge on any atom is 0.230 e. The Labute approximate surface area is 189 Å². The number of anilines is 1. The van der Waals surface area contributed by atoms with E-state index in [0.717, 1.165) is 40.7 Å². The molecule has 0 aliphatic heterocycles. The lowest BCUT2D eigenvalue weighted by atomic mass is 9.91. The van der Waals surface area contributed by atoms with Gasteiger partial charge in [-0.15, -0.1) is 4.68 Å². The second-order valence-electron chi connectivity index (χ2n) is 8.11. The molecule has 0 radical (unpaired) electrons. The molecule has 162 valence electrons. The summed E-state index contributed by atoms with van der Waals surface area (Å²) in [5, 5.41) is 6.80. The number of pyridine rings is 1. The smallest absolute Gasteiger partial charge is 0.230 e. The van der Waals surface area contributed by atoms with Gasteiger partial charge in [-0.25, -0.2) is 9.98 Å². The SMILES string of the molecule is CC(=Nc1c(C)[nH][n+](C)c1C)c1ccc(NCC(c2ccccc2)c2ccccc2)nc1. The minimum absolute atomic E-state index is 0.252. The number of rotatable bonds is 7. The standard InChI is InChI=1S/C27H29N5/c1-19(30-27-20(2)31-32(4)21(27)3)24-15-16-26(28-17-24)29-18-25(22-11-7-5-8-12-22)23-13-9-6-10-14-23/h5-17,25H,18H2,1-4H3,(H,28,29,30)/p+1. The highest BCUT2D eigenvalue weighted by atomic mass is 15.3. The number of benzene rings is 2. The number of hydrogen-bond donors (Lipinski definition) is 2. The molecule has 32 heavy (non-hydrogen) atoms. The van der Waals surface area contributed by atoms with Gasteiger partial charge in [0.15, 0.2) is 12.7 Å². The van der Waals surface area contributed by atoms with Crippen LogP contribution < -0.4 is 10.00 Å². The third kappa shape index (κ3) is 4.78. The van der Waals surface area contributed by atoms with Crippen molar-refractivity contribution in [2.75, 3.05) is 11.9 Å². The first-order chi connectivity index (χ1) is 15.5. The molecule has 0 fully saturated rings. The van der Waals surface area contributed by atoms with Crippen LogP contribution in [0.1, 0.15) is 40.9 Å². The highest BCUT2D eigenvalue weighted by Crippen LogP contribution is 2.25. The number of aromatic amines is 1. The first-order valence-electron chi connectivity index (χ1n) is 10.9. The second-order valence-corrected chi connectivity index (χ2v) is 8.11. The van der Waals surface area contributed by atoms with E-state index in [-0.39, 0.29) is 5.92 Å². The Morgan fingerprint density at radius 3 is 2.09 bits per heavy atom. The number of H-pyrrole nitrogens is 1. The van der Waals surface area contributed by atoms with Crippen LogP contribution in [0.2, 0.25) is 0 Å². The molecule has 4 rings (SSSR count). The molecule has 0 aliphatic rings. The summed E-state index contributed by atoms with van der Waals surface area (Å²) in [5.74, 6) is 1.11. The fraction of sp³-hybridized carbons (Fsp3) is 0.222. The number of nitrogens with one attached hydrogen (secondary N) is 2. The molecular weight excluding hydrogens is 394 g/mol. The summed E-state index contributed by atoms with van der Waals surface area (Å²) >= 11 is 0. The van der Waals surface area contributed by atoms with Crippen molar-refractivity contribution in [2.45, 2.75) is 26.7 Å². The van der Waals surface area contributed by atoms with Crippen LogP contribution in [0.25, 0.3) is 0 Å². The summed E-state index contributed by atoms with van der Waals surface area (Å²) in [6.45, 7) is 6.90. The summed E-state index contributed by atoms with van der Waals surface area (Å²) in [5.41, 5.74) is 7.69. The van der Waals surface area contributed by atoms with Crippen molar-refractivity contribution in [1.82, 2.24) is 10.1 Å². The van der Waals surface area contributed by atoms with Gasteiger partial charge in [-0.1, -0.05) is 60.7 Å². The fourth-order valence-corrected chi connectivity index (χ4v) is 3.93. The Morgan fingerprint density at radius 1 is 0.969 bits per heavy atom. The maximum atomic E-state index is 4.84. The van der Waals surface area contributed by atoms with Crippen molar-refractivity contribution in [3.8, 4) is 0 Å². The Balaban J connectivity index is 1.50. The number of aryl methyl sites for hydroxylation is 2. The minimum atomic E-state index is 0.252. The quantitative estimate of drug-likeness (QED) is 0.315. The summed E-state index contributed by atoms with van der Waals surface area (Å²) in [4.78, 5) is 9.48. The van der Waals surface area contributed by atoms with Crippen molar-refractivity contribution < 1.29 is 4.68 Å². The molecule has 0 aliphatic carbocycles. The van der Waals surface area contributed by atoms with E-state index in [0.29, 0.717) is 0 Å². The summed E-state index contributed by atoms with van der Waals surface area (Å²) < 4.78 is 1.99. The van der Waals surface area contributed by atoms with Crippen LogP contribution in [0.15, 0.2) is 84.0 Å². The molecule has 0 atom stereocenters. The molecule has 2 heterocycles. The van der Waals surface area contributed by atoms with E-state index in [2.05, 4.69) is 89.1 Å². The van der Waals surface area contributed by atoms with Gasteiger partial charge in [-0.2, -0.15) is 5.10 Å². The van der Waals surface area contributed by atoms with E-state index in [1.807, 2.05) is 37.8 Å². The largest absolute Gasteiger partial charge is 0.369 e. The monoisotopic (exact) mass is 424 g/mol. The molecule has 4 aromatic rings. The van der Waals surface area contributed by atoms with Crippen LogP contribution in [0.3, 0.4) is 0 Å². The zero-order valence-corrected chi connectivity index (χ0v) is 19.1. The lowest BCUT2D eigenvalue weighted by Gasteiger charge is -2.19. The van der Waals surface area contributed by atoms with Crippen molar-refractivity contribution in [3.05, 3.63) is 107 Å². The van der Waals surface area contributed by atoms with Crippen LogP contribution in [-0.2, 0) is 7.05 Å². The molecule has 5 nitrogen and oxygen atoms in total. The highest BCUT2D eigenvalue weighted by molar-refractivity contribution is 6.00. The Kier molecular flexibility index (Phi) is 6.45. The van der Waals surface area contributed by atoms with Gasteiger partial charge in [0.2, 0.25) is 5.69 Å². The summed E-state index contributed by atoms with van der Waals surface area (Å²) in [6, 6.07) is 25.3. The van der Waals surface area contributed by atoms with Crippen molar-refractivity contribution in [3.63, 3.8) is 0 Å². The Morgan fingerprint density at radius 2 is 1.59 bits per heavy atom. The molecule has 0 amide bonds. The maximum absolute atomic E-state index is 4.84. The van der Waals surface area contributed by atoms with E-state index >= 15 is 0 Å². The third-order valence-electron chi connectivity index (χ3n) is 5.89. The zero-order valence-electron chi connectivity index (χ0n) is 19.1. The average Bonchev–Trinajstić information content (AvgIpc) is 3.07. The minimum Gasteiger partial charge on any atom is -0.369 e. The molecule has 2 N–H and O–H groups in total. The summed E-state index contributed by atoms with van der Waals surface area (Å²) in [6.07, 6.45) is 1.89. The van der Waals surface area contributed by atoms with Crippen molar-refractivity contribution in [2.24, 2.45) is 12.0 Å². The van der Waals surface area contributed by atoms with E-state index in [1.54, 1.807) is 0 Å². The van der Waals surface area contributed by atoms with Gasteiger partial charge in [-0.05, 0) is 37.1 Å². The second kappa shape index (κ2) is 9.60. The normalized spacial score (nSPS) is 11.7. The number of aliphatic imine (C=N–C) groups is 1. The van der Waals surface area contributed by atoms with E-state index in [4.69, 9.17) is 4.99 Å². The lowest BCUT2D eigenvalue weighted by molar-refractivity contribution is -0.732. The Hall–Kier alpha value is -3.73. The van der Waals surface area contributed by atoms with E-state index in [9.17, 15) is 0 Å². The fourth-order valence-electron chi connectivity index (χ4n) is 3.93. The molecule has 2 aromatic carbocycles. The van der Waals surface area contributed by atoms with E-state index in [1.165, 1.54) is 11.1 Å². The van der Waals surface area contributed by atoms with Gasteiger partial charge in [0.25, 0.3) is 0 Å². The number of nitrogens with zero attached hydrogens (tertiary/aromatic N) is 3. The molecule has 0 saturated carbocycles. The predicted molar refractivity (Wildman–Crippen MR) is 131 cm³/mol. The first kappa shape index (κ1) is 21.5. The predicted octanol–water partition coefficient (Wildman–Crippen LogP) is 5.24. The van der Waals surface area contributed by atoms with Crippen molar-refractivity contribution in [1.29, 1.82) is 0 Å². The molecule has 2 aromatic heterocycles.